The van der Waals surface area contributed by atoms with Gasteiger partial charge < -0.3 is 20.1 Å². The number of nitrogens with zero attached hydrogens (tertiary/aromatic N) is 4. The summed E-state index contributed by atoms with van der Waals surface area (Å²) >= 11 is 3.75. The number of pyridine rings is 3. The minimum Gasteiger partial charge on any atom is -0.365 e. The molecule has 0 aliphatic carbocycles. The number of aromatic nitrogens is 3. The molecule has 5 rings (SSSR count). The Hall–Kier alpha value is -3.23. The van der Waals surface area contributed by atoms with Crippen LogP contribution in [0.25, 0.3) is 21.9 Å². The number of fused-ring (bicyclic) bond motifs is 1. The zero-order chi connectivity index (χ0) is 24.5. The number of nitrogens with one attached hydrogen (secondary N) is 2. The lowest BCUT2D eigenvalue weighted by Crippen LogP contribution is -2.44. The molecule has 4 aromatic rings. The lowest BCUT2D eigenvalue weighted by molar-refractivity contribution is 0.312. The summed E-state index contributed by atoms with van der Waals surface area (Å²) in [5.41, 5.74) is 4.58. The van der Waals surface area contributed by atoms with Gasteiger partial charge in [0.2, 0.25) is 0 Å². The number of piperazine rings is 1. The van der Waals surface area contributed by atoms with Crippen molar-refractivity contribution in [1.29, 1.82) is 0 Å². The predicted octanol–water partition coefficient (Wildman–Crippen LogP) is 4.73. The van der Waals surface area contributed by atoms with E-state index < -0.39 is 0 Å². The Kier molecular flexibility index (Phi) is 6.58. The molecule has 0 saturated carbocycles. The molecule has 35 heavy (non-hydrogen) atoms. The maximum absolute atomic E-state index is 12.5. The van der Waals surface area contributed by atoms with Gasteiger partial charge in [-0.05, 0) is 68.4 Å². The lowest BCUT2D eigenvalue weighted by atomic mass is 10.0. The number of benzene rings is 1. The first kappa shape index (κ1) is 23.5. The third kappa shape index (κ3) is 4.94. The Labute approximate surface area is 213 Å². The van der Waals surface area contributed by atoms with Crippen LogP contribution in [0.1, 0.15) is 16.8 Å². The molecule has 0 spiro atoms. The van der Waals surface area contributed by atoms with Crippen LogP contribution in [-0.4, -0.2) is 53.1 Å². The van der Waals surface area contributed by atoms with Gasteiger partial charge in [-0.1, -0.05) is 15.9 Å². The molecule has 1 fully saturated rings. The quantitative estimate of drug-likeness (QED) is 0.387. The third-order valence-electron chi connectivity index (χ3n) is 6.66. The molecule has 0 unspecified atom stereocenters. The molecule has 1 aliphatic heterocycles. The molecule has 7 nitrogen and oxygen atoms in total. The van der Waals surface area contributed by atoms with Crippen molar-refractivity contribution in [2.75, 3.05) is 43.4 Å². The lowest BCUT2D eigenvalue weighted by Gasteiger charge is -2.33. The second-order valence-electron chi connectivity index (χ2n) is 9.20. The number of hydrogen-bond acceptors (Lipinski definition) is 6. The summed E-state index contributed by atoms with van der Waals surface area (Å²) in [6.45, 7) is 8.35. The summed E-state index contributed by atoms with van der Waals surface area (Å²) in [6.07, 6.45) is 3.73. The van der Waals surface area contributed by atoms with Gasteiger partial charge in [0.1, 0.15) is 11.6 Å². The Morgan fingerprint density at radius 2 is 1.80 bits per heavy atom. The van der Waals surface area contributed by atoms with E-state index in [1.807, 2.05) is 32.2 Å². The largest absolute Gasteiger partial charge is 0.365 e. The fourth-order valence-corrected chi connectivity index (χ4v) is 5.19. The SMILES string of the molecule is Cc1cc(C)c(CNc2nccc3c(Br)cc(-c4ccc(N5CCN(C)CC5)nc4)cc23)c(=O)[nH]1. The predicted molar refractivity (Wildman–Crippen MR) is 146 cm³/mol. The summed E-state index contributed by atoms with van der Waals surface area (Å²) in [5, 5.41) is 5.43. The molecule has 0 amide bonds. The molecule has 1 aromatic carbocycles. The number of H-pyrrole nitrogens is 1. The smallest absolute Gasteiger partial charge is 0.253 e. The minimum absolute atomic E-state index is 0.0661. The van der Waals surface area contributed by atoms with Crippen molar-refractivity contribution in [1.82, 2.24) is 19.9 Å². The summed E-state index contributed by atoms with van der Waals surface area (Å²) < 4.78 is 0.989. The van der Waals surface area contributed by atoms with E-state index in [1.165, 1.54) is 0 Å². The van der Waals surface area contributed by atoms with Gasteiger partial charge in [-0.2, -0.15) is 0 Å². The highest BCUT2D eigenvalue weighted by molar-refractivity contribution is 9.10. The Balaban J connectivity index is 1.44. The Bertz CT molecular complexity index is 1420. The standard InChI is InChI=1S/C27H29BrN6O/c1-17-12-18(2)32-27(35)23(17)16-31-26-22-13-20(14-24(28)21(22)6-7-29-26)19-4-5-25(30-15-19)34-10-8-33(3)9-11-34/h4-7,12-15H,8-11,16H2,1-3H3,(H,29,31)(H,32,35). The van der Waals surface area contributed by atoms with Crippen LogP contribution in [0.5, 0.6) is 0 Å². The molecule has 1 saturated heterocycles. The maximum atomic E-state index is 12.5. The molecule has 1 aliphatic rings. The fraction of sp³-hybridized carbons (Fsp3) is 0.296. The summed E-state index contributed by atoms with van der Waals surface area (Å²) in [5.74, 6) is 1.76. The summed E-state index contributed by atoms with van der Waals surface area (Å²) in [7, 11) is 2.16. The number of likely N-dealkylation sites (N-methyl/N-ethyl adjacent to an activating group) is 1. The van der Waals surface area contributed by atoms with E-state index in [0.717, 1.165) is 75.4 Å². The highest BCUT2D eigenvalue weighted by Gasteiger charge is 2.16. The van der Waals surface area contributed by atoms with Crippen LogP contribution in [0.3, 0.4) is 0 Å². The molecule has 180 valence electrons. The zero-order valence-electron chi connectivity index (χ0n) is 20.2. The van der Waals surface area contributed by atoms with Crippen molar-refractivity contribution in [3.63, 3.8) is 0 Å². The first-order chi connectivity index (χ1) is 16.9. The van der Waals surface area contributed by atoms with Crippen molar-refractivity contribution in [3.05, 3.63) is 80.4 Å². The molecule has 0 bridgehead atoms. The third-order valence-corrected chi connectivity index (χ3v) is 7.32. The van der Waals surface area contributed by atoms with Crippen LogP contribution < -0.4 is 15.8 Å². The minimum atomic E-state index is -0.0661. The monoisotopic (exact) mass is 532 g/mol. The van der Waals surface area contributed by atoms with Gasteiger partial charge in [-0.15, -0.1) is 0 Å². The van der Waals surface area contributed by atoms with Gasteiger partial charge in [-0.3, -0.25) is 4.79 Å². The van der Waals surface area contributed by atoms with Crippen molar-refractivity contribution >= 4 is 38.3 Å². The van der Waals surface area contributed by atoms with Crippen molar-refractivity contribution in [3.8, 4) is 11.1 Å². The Morgan fingerprint density at radius 3 is 2.51 bits per heavy atom. The molecule has 8 heteroatoms. The van der Waals surface area contributed by atoms with E-state index in [2.05, 4.69) is 72.3 Å². The summed E-state index contributed by atoms with van der Waals surface area (Å²) in [4.78, 5) is 29.4. The van der Waals surface area contributed by atoms with Gasteiger partial charge in [-0.25, -0.2) is 9.97 Å². The van der Waals surface area contributed by atoms with Gasteiger partial charge >= 0.3 is 0 Å². The molecular weight excluding hydrogens is 504 g/mol. The fourth-order valence-electron chi connectivity index (χ4n) is 4.60. The van der Waals surface area contributed by atoms with Crippen LogP contribution >= 0.6 is 15.9 Å². The van der Waals surface area contributed by atoms with E-state index in [0.29, 0.717) is 12.1 Å². The van der Waals surface area contributed by atoms with E-state index in [9.17, 15) is 4.79 Å². The number of rotatable bonds is 5. The molecule has 2 N–H and O–H groups in total. The van der Waals surface area contributed by atoms with Crippen molar-refractivity contribution in [2.24, 2.45) is 0 Å². The van der Waals surface area contributed by atoms with E-state index in [1.54, 1.807) is 6.20 Å². The Morgan fingerprint density at radius 1 is 1.00 bits per heavy atom. The average molecular weight is 533 g/mol. The van der Waals surface area contributed by atoms with Crippen LogP contribution in [0.4, 0.5) is 11.6 Å². The van der Waals surface area contributed by atoms with Crippen LogP contribution in [0.2, 0.25) is 0 Å². The zero-order valence-corrected chi connectivity index (χ0v) is 21.8. The molecule has 0 atom stereocenters. The topological polar surface area (TPSA) is 77.2 Å². The second-order valence-corrected chi connectivity index (χ2v) is 10.1. The van der Waals surface area contributed by atoms with Crippen LogP contribution in [-0.2, 0) is 6.54 Å². The van der Waals surface area contributed by atoms with Gasteiger partial charge in [0.15, 0.2) is 0 Å². The summed E-state index contributed by atoms with van der Waals surface area (Å²) in [6, 6.07) is 12.5. The number of aromatic amines is 1. The molecule has 0 radical (unpaired) electrons. The highest BCUT2D eigenvalue weighted by Crippen LogP contribution is 2.34. The van der Waals surface area contributed by atoms with Crippen LogP contribution in [0, 0.1) is 13.8 Å². The maximum Gasteiger partial charge on any atom is 0.253 e. The van der Waals surface area contributed by atoms with Crippen molar-refractivity contribution in [2.45, 2.75) is 20.4 Å². The van der Waals surface area contributed by atoms with Gasteiger partial charge in [0.25, 0.3) is 5.56 Å². The first-order valence-electron chi connectivity index (χ1n) is 11.8. The molecular formula is C27H29BrN6O. The number of aryl methyl sites for hydroxylation is 2. The normalized spacial score (nSPS) is 14.5. The average Bonchev–Trinajstić information content (AvgIpc) is 2.84. The van der Waals surface area contributed by atoms with Crippen LogP contribution in [0.15, 0.2) is 58.1 Å². The van der Waals surface area contributed by atoms with E-state index >= 15 is 0 Å². The molecule has 4 heterocycles. The van der Waals surface area contributed by atoms with Gasteiger partial charge in [0.05, 0.1) is 0 Å². The number of anilines is 2. The van der Waals surface area contributed by atoms with E-state index in [-0.39, 0.29) is 5.56 Å². The van der Waals surface area contributed by atoms with Gasteiger partial charge in [0, 0.05) is 77.2 Å². The first-order valence-corrected chi connectivity index (χ1v) is 12.6. The van der Waals surface area contributed by atoms with E-state index in [4.69, 9.17) is 4.98 Å². The number of halogens is 1. The second kappa shape index (κ2) is 9.79. The molecule has 3 aromatic heterocycles. The number of hydrogen-bond donors (Lipinski definition) is 2. The van der Waals surface area contributed by atoms with Crippen molar-refractivity contribution < 1.29 is 0 Å². The highest BCUT2D eigenvalue weighted by atomic mass is 79.9.